The predicted molar refractivity (Wildman–Crippen MR) is 82.5 cm³/mol. The van der Waals surface area contributed by atoms with E-state index in [1.807, 2.05) is 49.4 Å². The zero-order valence-corrected chi connectivity index (χ0v) is 11.8. The molecule has 0 radical (unpaired) electrons. The van der Waals surface area contributed by atoms with Gasteiger partial charge in [0.2, 0.25) is 0 Å². The molecular weight excluding hydrogens is 312 g/mol. The molecule has 0 heterocycles. The van der Waals surface area contributed by atoms with E-state index in [2.05, 4.69) is 15.9 Å². The van der Waals surface area contributed by atoms with Crippen LogP contribution in [0.1, 0.15) is 14.4 Å². The van der Waals surface area contributed by atoms with Crippen molar-refractivity contribution in [1.82, 2.24) is 0 Å². The van der Waals surface area contributed by atoms with Crippen LogP contribution in [0.3, 0.4) is 0 Å². The molecule has 0 saturated carbocycles. The maximum absolute atomic E-state index is 6.23. The third-order valence-corrected chi connectivity index (χ3v) is 3.23. The van der Waals surface area contributed by atoms with Gasteiger partial charge in [0, 0.05) is 20.6 Å². The van der Waals surface area contributed by atoms with E-state index in [1.54, 1.807) is 0 Å². The lowest BCUT2D eigenvalue weighted by molar-refractivity contribution is 0.341. The fourth-order valence-electron chi connectivity index (χ4n) is 1.67. The summed E-state index contributed by atoms with van der Waals surface area (Å²) in [5, 5.41) is 0.723. The highest BCUT2D eigenvalue weighted by Crippen LogP contribution is 2.36. The first-order chi connectivity index (χ1) is 8.22. The van der Waals surface area contributed by atoms with Crippen LogP contribution in [0.5, 0.6) is 5.75 Å². The van der Waals surface area contributed by atoms with Crippen LogP contribution in [0.25, 0.3) is 11.1 Å². The van der Waals surface area contributed by atoms with Gasteiger partial charge in [-0.1, -0.05) is 53.2 Å². The predicted octanol–water partition coefficient (Wildman–Crippen LogP) is 5.80. The van der Waals surface area contributed by atoms with Gasteiger partial charge in [-0.25, -0.2) is 0 Å². The molecule has 0 aromatic heterocycles. The van der Waals surface area contributed by atoms with Crippen LogP contribution in [0.15, 0.2) is 46.9 Å². The largest absolute Gasteiger partial charge is 0.493 e. The minimum Gasteiger partial charge on any atom is -0.493 e. The van der Waals surface area contributed by atoms with Crippen LogP contribution in [0.2, 0.25) is 5.02 Å². The van der Waals surface area contributed by atoms with Crippen molar-refractivity contribution in [1.29, 1.82) is 0 Å². The Labute approximate surface area is 122 Å². The molecule has 0 atom stereocenters. The number of ether oxygens (including phenoxy) is 1. The van der Waals surface area contributed by atoms with Crippen molar-refractivity contribution in [3.63, 3.8) is 0 Å². The Morgan fingerprint density at radius 1 is 1.11 bits per heavy atom. The lowest BCUT2D eigenvalue weighted by Crippen LogP contribution is -1.94. The van der Waals surface area contributed by atoms with E-state index in [1.165, 1.54) is 0 Å². The second-order valence-electron chi connectivity index (χ2n) is 3.55. The van der Waals surface area contributed by atoms with Gasteiger partial charge in [0.15, 0.2) is 0 Å². The fraction of sp³-hybridized carbons (Fsp3) is 0.200. The molecule has 96 valence electrons. The van der Waals surface area contributed by atoms with E-state index in [9.17, 15) is 0 Å². The maximum atomic E-state index is 6.23. The first-order valence-electron chi connectivity index (χ1n) is 5.39. The summed E-state index contributed by atoms with van der Waals surface area (Å²) in [5.41, 5.74) is 1.99. The van der Waals surface area contributed by atoms with Gasteiger partial charge >= 0.3 is 0 Å². The Kier molecular flexibility index (Phi) is 5.70. The molecular formula is C15H16BrClO. The van der Waals surface area contributed by atoms with Crippen molar-refractivity contribution in [2.45, 2.75) is 14.4 Å². The van der Waals surface area contributed by atoms with Gasteiger partial charge in [-0.15, -0.1) is 0 Å². The number of hydrogen-bond acceptors (Lipinski definition) is 1. The standard InChI is InChI=1S/C14H12BrClO.CH4/c1-2-17-14-6-4-3-5-11(14)12-9-10(15)7-8-13(12)16;/h3-9H,2H2,1H3;1H4. The average Bonchev–Trinajstić information content (AvgIpc) is 2.34. The highest BCUT2D eigenvalue weighted by Gasteiger charge is 2.09. The van der Waals surface area contributed by atoms with E-state index in [-0.39, 0.29) is 7.43 Å². The average molecular weight is 328 g/mol. The Balaban J connectivity index is 0.00000162. The van der Waals surface area contributed by atoms with Gasteiger partial charge in [-0.3, -0.25) is 0 Å². The van der Waals surface area contributed by atoms with Gasteiger partial charge in [-0.2, -0.15) is 0 Å². The monoisotopic (exact) mass is 326 g/mol. The number of halogens is 2. The SMILES string of the molecule is C.CCOc1ccccc1-c1cc(Br)ccc1Cl. The second-order valence-corrected chi connectivity index (χ2v) is 4.88. The minimum absolute atomic E-state index is 0. The van der Waals surface area contributed by atoms with Crippen LogP contribution in [-0.2, 0) is 0 Å². The van der Waals surface area contributed by atoms with E-state index in [4.69, 9.17) is 16.3 Å². The number of rotatable bonds is 3. The topological polar surface area (TPSA) is 9.23 Å². The zero-order chi connectivity index (χ0) is 12.3. The summed E-state index contributed by atoms with van der Waals surface area (Å²) < 4.78 is 6.62. The lowest BCUT2D eigenvalue weighted by atomic mass is 10.0. The lowest BCUT2D eigenvalue weighted by Gasteiger charge is -2.11. The van der Waals surface area contributed by atoms with Crippen molar-refractivity contribution in [3.05, 3.63) is 52.0 Å². The Morgan fingerprint density at radius 2 is 1.83 bits per heavy atom. The smallest absolute Gasteiger partial charge is 0.127 e. The van der Waals surface area contributed by atoms with Crippen molar-refractivity contribution in [3.8, 4) is 16.9 Å². The molecule has 0 N–H and O–H groups in total. The number of benzene rings is 2. The summed E-state index contributed by atoms with van der Waals surface area (Å²) in [6.07, 6.45) is 0. The van der Waals surface area contributed by atoms with Crippen LogP contribution in [-0.4, -0.2) is 6.61 Å². The molecule has 2 aromatic rings. The van der Waals surface area contributed by atoms with Crippen molar-refractivity contribution in [2.75, 3.05) is 6.61 Å². The Bertz CT molecular complexity index is 526. The number of hydrogen-bond donors (Lipinski definition) is 0. The third kappa shape index (κ3) is 3.27. The molecule has 0 amide bonds. The van der Waals surface area contributed by atoms with Gasteiger partial charge in [-0.05, 0) is 31.2 Å². The van der Waals surface area contributed by atoms with Gasteiger partial charge in [0.25, 0.3) is 0 Å². The molecule has 0 bridgehead atoms. The van der Waals surface area contributed by atoms with E-state index < -0.39 is 0 Å². The van der Waals surface area contributed by atoms with Crippen LogP contribution in [0.4, 0.5) is 0 Å². The summed E-state index contributed by atoms with van der Waals surface area (Å²) in [6, 6.07) is 13.7. The highest BCUT2D eigenvalue weighted by atomic mass is 79.9. The Hall–Kier alpha value is -0.990. The van der Waals surface area contributed by atoms with E-state index in [0.29, 0.717) is 6.61 Å². The van der Waals surface area contributed by atoms with Crippen molar-refractivity contribution < 1.29 is 4.74 Å². The van der Waals surface area contributed by atoms with E-state index in [0.717, 1.165) is 26.4 Å². The highest BCUT2D eigenvalue weighted by molar-refractivity contribution is 9.10. The summed E-state index contributed by atoms with van der Waals surface area (Å²) in [6.45, 7) is 2.61. The molecule has 3 heteroatoms. The molecule has 0 spiro atoms. The van der Waals surface area contributed by atoms with Crippen molar-refractivity contribution in [2.24, 2.45) is 0 Å². The molecule has 18 heavy (non-hydrogen) atoms. The molecule has 0 aliphatic carbocycles. The first-order valence-corrected chi connectivity index (χ1v) is 6.56. The van der Waals surface area contributed by atoms with E-state index >= 15 is 0 Å². The molecule has 0 unspecified atom stereocenters. The number of para-hydroxylation sites is 1. The molecule has 0 aliphatic heterocycles. The zero-order valence-electron chi connectivity index (χ0n) is 9.41. The molecule has 0 fully saturated rings. The maximum Gasteiger partial charge on any atom is 0.127 e. The molecule has 0 saturated heterocycles. The summed E-state index contributed by atoms with van der Waals surface area (Å²) >= 11 is 9.68. The fourth-order valence-corrected chi connectivity index (χ4v) is 2.25. The Morgan fingerprint density at radius 3 is 2.56 bits per heavy atom. The molecule has 0 aliphatic rings. The first kappa shape index (κ1) is 15.1. The normalized spacial score (nSPS) is 9.72. The summed E-state index contributed by atoms with van der Waals surface area (Å²) in [7, 11) is 0. The minimum atomic E-state index is 0. The van der Waals surface area contributed by atoms with Crippen LogP contribution >= 0.6 is 27.5 Å². The summed E-state index contributed by atoms with van der Waals surface area (Å²) in [5.74, 6) is 0.856. The van der Waals surface area contributed by atoms with Gasteiger partial charge in [0.1, 0.15) is 5.75 Å². The van der Waals surface area contributed by atoms with Crippen molar-refractivity contribution >= 4 is 27.5 Å². The van der Waals surface area contributed by atoms with Gasteiger partial charge in [0.05, 0.1) is 6.61 Å². The van der Waals surface area contributed by atoms with Crippen LogP contribution in [0, 0.1) is 0 Å². The quantitative estimate of drug-likeness (QED) is 0.692. The molecule has 2 rings (SSSR count). The molecule has 1 nitrogen and oxygen atoms in total. The van der Waals surface area contributed by atoms with Crippen LogP contribution < -0.4 is 4.74 Å². The summed E-state index contributed by atoms with van der Waals surface area (Å²) in [4.78, 5) is 0. The van der Waals surface area contributed by atoms with Gasteiger partial charge < -0.3 is 4.74 Å². The second kappa shape index (κ2) is 6.81. The molecule has 2 aromatic carbocycles. The third-order valence-electron chi connectivity index (χ3n) is 2.41.